The van der Waals surface area contributed by atoms with Crippen LogP contribution in [0.5, 0.6) is 0 Å². The predicted molar refractivity (Wildman–Crippen MR) is 54.9 cm³/mol. The highest BCUT2D eigenvalue weighted by molar-refractivity contribution is 5.76. The number of aryl methyl sites for hydroxylation is 1. The van der Waals surface area contributed by atoms with Gasteiger partial charge in [0.25, 0.3) is 0 Å². The lowest BCUT2D eigenvalue weighted by atomic mass is 10.2. The van der Waals surface area contributed by atoms with Crippen LogP contribution in [0.25, 0.3) is 0 Å². The Kier molecular flexibility index (Phi) is 4.42. The Hall–Kier alpha value is -1.76. The van der Waals surface area contributed by atoms with Gasteiger partial charge < -0.3 is 9.32 Å². The van der Waals surface area contributed by atoms with Gasteiger partial charge >= 0.3 is 0 Å². The maximum atomic E-state index is 11.6. The highest BCUT2D eigenvalue weighted by atomic mass is 16.3. The van der Waals surface area contributed by atoms with E-state index in [-0.39, 0.29) is 12.5 Å². The normalized spacial score (nSPS) is 9.60. The van der Waals surface area contributed by atoms with E-state index in [1.165, 1.54) is 4.90 Å². The first-order valence-electron chi connectivity index (χ1n) is 4.95. The summed E-state index contributed by atoms with van der Waals surface area (Å²) in [5.41, 5.74) is 0. The summed E-state index contributed by atoms with van der Waals surface area (Å²) in [6, 6.07) is 5.61. The number of hydrogen-bond donors (Lipinski definition) is 0. The van der Waals surface area contributed by atoms with E-state index in [1.807, 2.05) is 19.1 Å². The number of furan rings is 1. The van der Waals surface area contributed by atoms with Gasteiger partial charge in [-0.3, -0.25) is 4.79 Å². The SMILES string of the molecule is CCN(CC#N)C(=O)CCc1ccco1. The number of hydrogen-bond acceptors (Lipinski definition) is 3. The van der Waals surface area contributed by atoms with Gasteiger partial charge in [-0.2, -0.15) is 5.26 Å². The Morgan fingerprint density at radius 1 is 1.67 bits per heavy atom. The first kappa shape index (κ1) is 11.3. The highest BCUT2D eigenvalue weighted by Crippen LogP contribution is 2.05. The van der Waals surface area contributed by atoms with E-state index in [1.54, 1.807) is 12.3 Å². The van der Waals surface area contributed by atoms with Crippen molar-refractivity contribution in [1.29, 1.82) is 5.26 Å². The van der Waals surface area contributed by atoms with Crippen molar-refractivity contribution in [2.24, 2.45) is 0 Å². The fraction of sp³-hybridized carbons (Fsp3) is 0.455. The molecule has 1 rings (SSSR count). The molecule has 0 spiro atoms. The molecule has 0 fully saturated rings. The van der Waals surface area contributed by atoms with Crippen LogP contribution >= 0.6 is 0 Å². The van der Waals surface area contributed by atoms with Gasteiger partial charge in [-0.05, 0) is 19.1 Å². The summed E-state index contributed by atoms with van der Waals surface area (Å²) in [4.78, 5) is 13.1. The standard InChI is InChI=1S/C11H14N2O2/c1-2-13(8-7-12)11(14)6-5-10-4-3-9-15-10/h3-4,9H,2,5-6,8H2,1H3. The summed E-state index contributed by atoms with van der Waals surface area (Å²) in [6.45, 7) is 2.60. The van der Waals surface area contributed by atoms with E-state index in [0.29, 0.717) is 19.4 Å². The molecule has 0 aliphatic rings. The van der Waals surface area contributed by atoms with Gasteiger partial charge in [0, 0.05) is 19.4 Å². The van der Waals surface area contributed by atoms with Crippen LogP contribution in [0.15, 0.2) is 22.8 Å². The summed E-state index contributed by atoms with van der Waals surface area (Å²) in [5, 5.41) is 8.51. The third-order valence-electron chi connectivity index (χ3n) is 2.16. The van der Waals surface area contributed by atoms with Crippen molar-refractivity contribution in [3.05, 3.63) is 24.2 Å². The monoisotopic (exact) mass is 206 g/mol. The third kappa shape index (κ3) is 3.47. The Balaban J connectivity index is 2.38. The van der Waals surface area contributed by atoms with E-state index in [0.717, 1.165) is 5.76 Å². The van der Waals surface area contributed by atoms with E-state index in [4.69, 9.17) is 9.68 Å². The van der Waals surface area contributed by atoms with Crippen LogP contribution in [-0.4, -0.2) is 23.9 Å². The maximum Gasteiger partial charge on any atom is 0.223 e. The maximum absolute atomic E-state index is 11.6. The van der Waals surface area contributed by atoms with Crippen LogP contribution in [-0.2, 0) is 11.2 Å². The molecule has 80 valence electrons. The van der Waals surface area contributed by atoms with Gasteiger partial charge in [0.05, 0.1) is 12.3 Å². The zero-order valence-corrected chi connectivity index (χ0v) is 8.77. The molecule has 1 heterocycles. The van der Waals surface area contributed by atoms with Crippen LogP contribution in [0.2, 0.25) is 0 Å². The van der Waals surface area contributed by atoms with Gasteiger partial charge in [0.15, 0.2) is 0 Å². The second kappa shape index (κ2) is 5.86. The first-order chi connectivity index (χ1) is 7.27. The summed E-state index contributed by atoms with van der Waals surface area (Å²) in [7, 11) is 0. The van der Waals surface area contributed by atoms with Crippen molar-refractivity contribution in [3.8, 4) is 6.07 Å². The van der Waals surface area contributed by atoms with Crippen LogP contribution in [0.4, 0.5) is 0 Å². The van der Waals surface area contributed by atoms with E-state index >= 15 is 0 Å². The molecule has 4 nitrogen and oxygen atoms in total. The summed E-state index contributed by atoms with van der Waals surface area (Å²) in [5.74, 6) is 0.798. The predicted octanol–water partition coefficient (Wildman–Crippen LogP) is 1.58. The van der Waals surface area contributed by atoms with Gasteiger partial charge in [0.2, 0.25) is 5.91 Å². The minimum atomic E-state index is -0.00421. The van der Waals surface area contributed by atoms with Gasteiger partial charge in [0.1, 0.15) is 12.3 Å². The molecule has 0 unspecified atom stereocenters. The van der Waals surface area contributed by atoms with Crippen molar-refractivity contribution in [2.75, 3.05) is 13.1 Å². The van der Waals surface area contributed by atoms with Crippen LogP contribution < -0.4 is 0 Å². The quantitative estimate of drug-likeness (QED) is 0.687. The van der Waals surface area contributed by atoms with E-state index in [9.17, 15) is 4.79 Å². The number of amides is 1. The molecule has 0 radical (unpaired) electrons. The summed E-state index contributed by atoms with van der Waals surface area (Å²) < 4.78 is 5.12. The van der Waals surface area contributed by atoms with Crippen molar-refractivity contribution in [1.82, 2.24) is 4.90 Å². The topological polar surface area (TPSA) is 57.2 Å². The Morgan fingerprint density at radius 3 is 3.00 bits per heavy atom. The van der Waals surface area contributed by atoms with Crippen molar-refractivity contribution in [2.45, 2.75) is 19.8 Å². The Bertz CT molecular complexity index is 338. The molecule has 15 heavy (non-hydrogen) atoms. The molecule has 0 aliphatic carbocycles. The smallest absolute Gasteiger partial charge is 0.223 e. The molecule has 1 amide bonds. The third-order valence-corrected chi connectivity index (χ3v) is 2.16. The van der Waals surface area contributed by atoms with Crippen molar-refractivity contribution >= 4 is 5.91 Å². The molecule has 0 aliphatic heterocycles. The van der Waals surface area contributed by atoms with Gasteiger partial charge in [-0.25, -0.2) is 0 Å². The second-order valence-electron chi connectivity index (χ2n) is 3.15. The zero-order chi connectivity index (χ0) is 11.1. The number of carbonyl (C=O) groups excluding carboxylic acids is 1. The fourth-order valence-corrected chi connectivity index (χ4v) is 1.30. The number of nitriles is 1. The van der Waals surface area contributed by atoms with Gasteiger partial charge in [-0.1, -0.05) is 0 Å². The Labute approximate surface area is 89.1 Å². The molecule has 1 aromatic heterocycles. The summed E-state index contributed by atoms with van der Waals surface area (Å²) in [6.07, 6.45) is 2.57. The second-order valence-corrected chi connectivity index (χ2v) is 3.15. The lowest BCUT2D eigenvalue weighted by molar-refractivity contribution is -0.130. The highest BCUT2D eigenvalue weighted by Gasteiger charge is 2.11. The van der Waals surface area contributed by atoms with Crippen LogP contribution in [0, 0.1) is 11.3 Å². The largest absolute Gasteiger partial charge is 0.469 e. The fourth-order valence-electron chi connectivity index (χ4n) is 1.30. The zero-order valence-electron chi connectivity index (χ0n) is 8.77. The van der Waals surface area contributed by atoms with Crippen LogP contribution in [0.1, 0.15) is 19.1 Å². The van der Waals surface area contributed by atoms with Gasteiger partial charge in [-0.15, -0.1) is 0 Å². The number of rotatable bonds is 5. The lowest BCUT2D eigenvalue weighted by Gasteiger charge is -2.16. The van der Waals surface area contributed by atoms with Crippen LogP contribution in [0.3, 0.4) is 0 Å². The lowest BCUT2D eigenvalue weighted by Crippen LogP contribution is -2.31. The summed E-state index contributed by atoms with van der Waals surface area (Å²) >= 11 is 0. The average Bonchev–Trinajstić information content (AvgIpc) is 2.75. The minimum absolute atomic E-state index is 0.00421. The first-order valence-corrected chi connectivity index (χ1v) is 4.95. The molecule has 0 aromatic carbocycles. The number of nitrogens with zero attached hydrogens (tertiary/aromatic N) is 2. The number of carbonyl (C=O) groups is 1. The molecule has 0 N–H and O–H groups in total. The molecule has 0 bridgehead atoms. The molecular formula is C11H14N2O2. The molecular weight excluding hydrogens is 192 g/mol. The van der Waals surface area contributed by atoms with Crippen molar-refractivity contribution < 1.29 is 9.21 Å². The van der Waals surface area contributed by atoms with E-state index in [2.05, 4.69) is 0 Å². The molecule has 0 saturated carbocycles. The minimum Gasteiger partial charge on any atom is -0.469 e. The molecule has 4 heteroatoms. The molecule has 0 atom stereocenters. The van der Waals surface area contributed by atoms with E-state index < -0.39 is 0 Å². The molecule has 1 aromatic rings. The molecule has 0 saturated heterocycles. The van der Waals surface area contributed by atoms with Crippen molar-refractivity contribution in [3.63, 3.8) is 0 Å². The average molecular weight is 206 g/mol. The Morgan fingerprint density at radius 2 is 2.47 bits per heavy atom.